The quantitative estimate of drug-likeness (QED) is 0.315. The van der Waals surface area contributed by atoms with Crippen molar-refractivity contribution in [2.24, 2.45) is 0 Å². The zero-order valence-electron chi connectivity index (χ0n) is 10.4. The first-order valence-electron chi connectivity index (χ1n) is 6.42. The molecule has 0 aliphatic carbocycles. The Balaban J connectivity index is 2.33. The maximum absolute atomic E-state index is 4.49. The highest BCUT2D eigenvalue weighted by atomic mass is 14.9. The van der Waals surface area contributed by atoms with Crippen LogP contribution in [0.15, 0.2) is 49.1 Å². The van der Waals surface area contributed by atoms with Crippen LogP contribution in [-0.2, 0) is 0 Å². The van der Waals surface area contributed by atoms with Crippen molar-refractivity contribution in [3.8, 4) is 0 Å². The van der Waals surface area contributed by atoms with Gasteiger partial charge in [0, 0.05) is 21.5 Å². The summed E-state index contributed by atoms with van der Waals surface area (Å²) in [5.74, 6) is 0. The molecule has 0 unspecified atom stereocenters. The third kappa shape index (κ3) is 1.07. The highest BCUT2D eigenvalue weighted by molar-refractivity contribution is 6.30. The van der Waals surface area contributed by atoms with Crippen LogP contribution in [-0.4, -0.2) is 19.9 Å². The molecule has 0 saturated heterocycles. The molecule has 0 atom stereocenters. The van der Waals surface area contributed by atoms with Gasteiger partial charge in [-0.25, -0.2) is 19.9 Å². The van der Waals surface area contributed by atoms with Crippen molar-refractivity contribution in [3.63, 3.8) is 0 Å². The summed E-state index contributed by atoms with van der Waals surface area (Å²) in [4.78, 5) is 17.7. The summed E-state index contributed by atoms with van der Waals surface area (Å²) in [6.07, 6.45) is 3.24. The van der Waals surface area contributed by atoms with Crippen LogP contribution in [0.1, 0.15) is 0 Å². The Bertz CT molecular complexity index is 1010. The molecule has 0 radical (unpaired) electrons. The molecule has 0 N–H and O–H groups in total. The van der Waals surface area contributed by atoms with E-state index >= 15 is 0 Å². The number of hydrogen-bond donors (Lipinski definition) is 0. The summed E-state index contributed by atoms with van der Waals surface area (Å²) in [5, 5.41) is 4.33. The molecule has 0 aliphatic rings. The Labute approximate surface area is 113 Å². The number of hydrogen-bond acceptors (Lipinski definition) is 4. The average molecular weight is 256 g/mol. The maximum Gasteiger partial charge on any atom is 0.116 e. The fraction of sp³-hybridized carbons (Fsp3) is 0. The van der Waals surface area contributed by atoms with Crippen molar-refractivity contribution in [1.29, 1.82) is 0 Å². The van der Waals surface area contributed by atoms with E-state index < -0.39 is 0 Å². The Kier molecular flexibility index (Phi) is 1.68. The Morgan fingerprint density at radius 2 is 1.05 bits per heavy atom. The van der Waals surface area contributed by atoms with Crippen molar-refractivity contribution in [1.82, 2.24) is 19.9 Å². The van der Waals surface area contributed by atoms with Gasteiger partial charge < -0.3 is 0 Å². The number of benzene rings is 3. The van der Waals surface area contributed by atoms with Crippen LogP contribution >= 0.6 is 0 Å². The van der Waals surface area contributed by atoms with E-state index in [0.717, 1.165) is 43.6 Å². The molecule has 0 saturated carbocycles. The molecule has 0 fully saturated rings. The van der Waals surface area contributed by atoms with Gasteiger partial charge in [0.2, 0.25) is 0 Å². The van der Waals surface area contributed by atoms with Gasteiger partial charge in [0.15, 0.2) is 0 Å². The van der Waals surface area contributed by atoms with Gasteiger partial charge in [-0.1, -0.05) is 24.3 Å². The summed E-state index contributed by atoms with van der Waals surface area (Å²) in [5.41, 5.74) is 3.82. The molecule has 2 heterocycles. The van der Waals surface area contributed by atoms with Crippen molar-refractivity contribution in [3.05, 3.63) is 49.1 Å². The third-order valence-electron chi connectivity index (χ3n) is 3.84. The van der Waals surface area contributed by atoms with Crippen LogP contribution in [0.4, 0.5) is 0 Å². The van der Waals surface area contributed by atoms with Gasteiger partial charge in [0.05, 0.1) is 22.1 Å². The van der Waals surface area contributed by atoms with Crippen molar-refractivity contribution in [2.75, 3.05) is 0 Å². The lowest BCUT2D eigenvalue weighted by molar-refractivity contribution is 1.25. The van der Waals surface area contributed by atoms with E-state index in [1.807, 2.05) is 24.3 Å². The number of nitrogens with zero attached hydrogens (tertiary/aromatic N) is 4. The highest BCUT2D eigenvalue weighted by Gasteiger charge is 2.15. The predicted molar refractivity (Wildman–Crippen MR) is 78.8 cm³/mol. The van der Waals surface area contributed by atoms with Gasteiger partial charge in [0.1, 0.15) is 12.7 Å². The summed E-state index contributed by atoms with van der Waals surface area (Å²) in [6, 6.07) is 12.2. The van der Waals surface area contributed by atoms with Gasteiger partial charge in [-0.15, -0.1) is 0 Å². The monoisotopic (exact) mass is 256 g/mol. The second-order valence-electron chi connectivity index (χ2n) is 4.84. The Morgan fingerprint density at radius 3 is 1.55 bits per heavy atom. The van der Waals surface area contributed by atoms with Crippen LogP contribution in [0.5, 0.6) is 0 Å². The fourth-order valence-electron chi connectivity index (χ4n) is 3.01. The molecule has 0 amide bonds. The molecule has 0 bridgehead atoms. The van der Waals surface area contributed by atoms with Crippen LogP contribution < -0.4 is 0 Å². The second kappa shape index (κ2) is 3.36. The number of aromatic nitrogens is 4. The van der Waals surface area contributed by atoms with Crippen LogP contribution in [0.3, 0.4) is 0 Å². The summed E-state index contributed by atoms with van der Waals surface area (Å²) < 4.78 is 0. The largest absolute Gasteiger partial charge is 0.236 e. The van der Waals surface area contributed by atoms with Crippen LogP contribution in [0.25, 0.3) is 43.6 Å². The molecular formula is C16H8N4. The normalized spacial score (nSPS) is 12.0. The second-order valence-corrected chi connectivity index (χ2v) is 4.84. The number of fused-ring (bicyclic) bond motifs is 3. The molecule has 4 heteroatoms. The van der Waals surface area contributed by atoms with E-state index in [-0.39, 0.29) is 0 Å². The molecule has 5 rings (SSSR count). The van der Waals surface area contributed by atoms with E-state index in [0.29, 0.717) is 0 Å². The van der Waals surface area contributed by atoms with Gasteiger partial charge in [-0.2, -0.15) is 0 Å². The van der Waals surface area contributed by atoms with Crippen LogP contribution in [0.2, 0.25) is 0 Å². The van der Waals surface area contributed by atoms with Crippen molar-refractivity contribution in [2.45, 2.75) is 0 Å². The van der Waals surface area contributed by atoms with Gasteiger partial charge >= 0.3 is 0 Å². The lowest BCUT2D eigenvalue weighted by Crippen LogP contribution is -1.93. The molecule has 2 aromatic heterocycles. The van der Waals surface area contributed by atoms with E-state index in [1.165, 1.54) is 0 Å². The molecule has 92 valence electrons. The van der Waals surface area contributed by atoms with Crippen molar-refractivity contribution < 1.29 is 0 Å². The first kappa shape index (κ1) is 9.97. The fourth-order valence-corrected chi connectivity index (χ4v) is 3.01. The maximum atomic E-state index is 4.49. The molecule has 5 aromatic rings. The molecule has 0 spiro atoms. The summed E-state index contributed by atoms with van der Waals surface area (Å²) >= 11 is 0. The van der Waals surface area contributed by atoms with E-state index in [4.69, 9.17) is 0 Å². The minimum atomic E-state index is 0.938. The zero-order chi connectivity index (χ0) is 13.1. The molecule has 4 nitrogen and oxygen atoms in total. The van der Waals surface area contributed by atoms with Crippen LogP contribution in [0, 0.1) is 0 Å². The zero-order valence-corrected chi connectivity index (χ0v) is 10.4. The SMILES string of the molecule is c1ccc2c(c1)c1ncnc3ccc4ncnc2c4c31. The first-order chi connectivity index (χ1) is 9.93. The molecule has 20 heavy (non-hydrogen) atoms. The average Bonchev–Trinajstić information content (AvgIpc) is 2.53. The Hall–Kier alpha value is -2.88. The molecule has 0 aliphatic heterocycles. The van der Waals surface area contributed by atoms with Gasteiger partial charge in [0.25, 0.3) is 0 Å². The van der Waals surface area contributed by atoms with Gasteiger partial charge in [-0.3, -0.25) is 0 Å². The Morgan fingerprint density at radius 1 is 0.550 bits per heavy atom. The minimum absolute atomic E-state index is 0.938. The predicted octanol–water partition coefficient (Wildman–Crippen LogP) is 3.32. The number of rotatable bonds is 0. The highest BCUT2D eigenvalue weighted by Crippen LogP contribution is 2.36. The lowest BCUT2D eigenvalue weighted by Gasteiger charge is -2.11. The lowest BCUT2D eigenvalue weighted by atomic mass is 9.98. The van der Waals surface area contributed by atoms with E-state index in [9.17, 15) is 0 Å². The smallest absolute Gasteiger partial charge is 0.116 e. The molecular weight excluding hydrogens is 248 g/mol. The van der Waals surface area contributed by atoms with Crippen molar-refractivity contribution >= 4 is 43.6 Å². The van der Waals surface area contributed by atoms with E-state index in [1.54, 1.807) is 12.7 Å². The minimum Gasteiger partial charge on any atom is -0.236 e. The summed E-state index contributed by atoms with van der Waals surface area (Å²) in [7, 11) is 0. The summed E-state index contributed by atoms with van der Waals surface area (Å²) in [6.45, 7) is 0. The standard InChI is InChI=1S/C16H8N4/c1-2-4-10-9(3-1)15-13-11(17-7-19-15)5-6-12-14(13)16(10)20-8-18-12/h1-8H. The third-order valence-corrected chi connectivity index (χ3v) is 3.84. The molecule has 3 aromatic carbocycles. The van der Waals surface area contributed by atoms with E-state index in [2.05, 4.69) is 32.1 Å². The van der Waals surface area contributed by atoms with Gasteiger partial charge in [-0.05, 0) is 12.1 Å². The topological polar surface area (TPSA) is 51.6 Å². The first-order valence-corrected chi connectivity index (χ1v) is 6.42.